The minimum Gasteiger partial charge on any atom is -0.457 e. The molecule has 1 aliphatic heterocycles. The van der Waals surface area contributed by atoms with Gasteiger partial charge in [0, 0.05) is 12.2 Å². The third-order valence-electron chi connectivity index (χ3n) is 6.39. The summed E-state index contributed by atoms with van der Waals surface area (Å²) in [5.41, 5.74) is 1.33. The van der Waals surface area contributed by atoms with Gasteiger partial charge in [-0.05, 0) is 60.5 Å². The number of ether oxygens (including phenoxy) is 2. The molecule has 5 rings (SSSR count). The van der Waals surface area contributed by atoms with E-state index >= 15 is 0 Å². The number of halogens is 1. The van der Waals surface area contributed by atoms with Crippen molar-refractivity contribution < 1.29 is 28.2 Å². The zero-order chi connectivity index (χ0) is 28.6. The van der Waals surface area contributed by atoms with Crippen LogP contribution in [0.3, 0.4) is 0 Å². The first-order valence-electron chi connectivity index (χ1n) is 12.9. The molecule has 3 aromatic carbocycles. The van der Waals surface area contributed by atoms with Crippen molar-refractivity contribution in [2.24, 2.45) is 0 Å². The summed E-state index contributed by atoms with van der Waals surface area (Å²) in [4.78, 5) is 44.2. The quantitative estimate of drug-likeness (QED) is 0.320. The first-order valence-corrected chi connectivity index (χ1v) is 12.9. The molecule has 210 valence electrons. The Hall–Kier alpha value is -5.26. The summed E-state index contributed by atoms with van der Waals surface area (Å²) in [6, 6.07) is 20.2. The van der Waals surface area contributed by atoms with E-state index in [1.54, 1.807) is 24.3 Å². The molecule has 2 heterocycles. The number of nitrogens with one attached hydrogen (secondary N) is 2. The fourth-order valence-corrected chi connectivity index (χ4v) is 4.41. The lowest BCUT2D eigenvalue weighted by molar-refractivity contribution is -0.137. The Morgan fingerprint density at radius 3 is 2.34 bits per heavy atom. The number of hydrogen-bond acceptors (Lipinski definition) is 7. The fraction of sp³-hybridized carbons (Fsp3) is 0.207. The number of likely N-dealkylation sites (tertiary alicyclic amines) is 1. The summed E-state index contributed by atoms with van der Waals surface area (Å²) >= 11 is 0. The van der Waals surface area contributed by atoms with Crippen molar-refractivity contribution in [1.29, 1.82) is 0 Å². The van der Waals surface area contributed by atoms with Gasteiger partial charge in [-0.15, -0.1) is 0 Å². The molecular weight excluding hydrogens is 531 g/mol. The van der Waals surface area contributed by atoms with Crippen LogP contribution in [0.5, 0.6) is 11.5 Å². The average molecular weight is 559 g/mol. The van der Waals surface area contributed by atoms with Crippen LogP contribution in [0.25, 0.3) is 0 Å². The van der Waals surface area contributed by atoms with Crippen LogP contribution in [-0.4, -0.2) is 56.2 Å². The van der Waals surface area contributed by atoms with Crippen molar-refractivity contribution in [1.82, 2.24) is 25.0 Å². The number of carbonyl (C=O) groups excluding carboxylic acids is 3. The molecule has 12 heteroatoms. The number of amides is 3. The summed E-state index contributed by atoms with van der Waals surface area (Å²) in [6.07, 6.45) is 2.29. The van der Waals surface area contributed by atoms with Crippen LogP contribution in [-0.2, 0) is 27.5 Å². The minimum atomic E-state index is -0.847. The molecule has 41 heavy (non-hydrogen) atoms. The van der Waals surface area contributed by atoms with Crippen LogP contribution in [0.1, 0.15) is 12.0 Å². The van der Waals surface area contributed by atoms with Gasteiger partial charge < -0.3 is 25.0 Å². The molecule has 1 fully saturated rings. The van der Waals surface area contributed by atoms with Crippen molar-refractivity contribution in [2.45, 2.75) is 31.7 Å². The van der Waals surface area contributed by atoms with Crippen molar-refractivity contribution >= 4 is 23.6 Å². The molecule has 2 atom stereocenters. The third kappa shape index (κ3) is 7.44. The second kappa shape index (κ2) is 12.7. The molecule has 1 saturated heterocycles. The van der Waals surface area contributed by atoms with E-state index < -0.39 is 24.1 Å². The molecule has 4 aromatic rings. The number of anilines is 1. The van der Waals surface area contributed by atoms with Gasteiger partial charge in [0.05, 0.1) is 6.04 Å². The van der Waals surface area contributed by atoms with E-state index in [1.165, 1.54) is 46.5 Å². The number of carbonyl (C=O) groups is 3. The maximum atomic E-state index is 13.3. The lowest BCUT2D eigenvalue weighted by Crippen LogP contribution is -2.45. The topological polar surface area (TPSA) is 128 Å². The number of alkyl carbamates (subject to hydrolysis) is 1. The first kappa shape index (κ1) is 27.3. The third-order valence-corrected chi connectivity index (χ3v) is 6.39. The Balaban J connectivity index is 1.22. The van der Waals surface area contributed by atoms with Crippen LogP contribution in [0.2, 0.25) is 0 Å². The van der Waals surface area contributed by atoms with Crippen LogP contribution in [0.15, 0.2) is 91.5 Å². The molecule has 3 amide bonds. The van der Waals surface area contributed by atoms with Crippen molar-refractivity contribution in [2.75, 3.05) is 11.9 Å². The number of rotatable bonds is 9. The van der Waals surface area contributed by atoms with E-state index in [9.17, 15) is 18.8 Å². The average Bonchev–Trinajstić information content (AvgIpc) is 3.65. The summed E-state index contributed by atoms with van der Waals surface area (Å²) in [6.45, 7) is 0.111. The van der Waals surface area contributed by atoms with Crippen LogP contribution < -0.4 is 15.4 Å². The van der Waals surface area contributed by atoms with Crippen molar-refractivity contribution in [3.05, 3.63) is 103 Å². The molecule has 0 unspecified atom stereocenters. The summed E-state index contributed by atoms with van der Waals surface area (Å²) in [5, 5.41) is 9.56. The maximum Gasteiger partial charge on any atom is 0.407 e. The lowest BCUT2D eigenvalue weighted by Gasteiger charge is -2.23. The van der Waals surface area contributed by atoms with E-state index in [2.05, 4.69) is 20.7 Å². The van der Waals surface area contributed by atoms with E-state index in [0.29, 0.717) is 17.2 Å². The van der Waals surface area contributed by atoms with Crippen molar-refractivity contribution in [3.63, 3.8) is 0 Å². The molecule has 1 aliphatic rings. The summed E-state index contributed by atoms with van der Waals surface area (Å²) < 4.78 is 25.5. The Bertz CT molecular complexity index is 1470. The van der Waals surface area contributed by atoms with Gasteiger partial charge in [0.1, 0.15) is 49.2 Å². The van der Waals surface area contributed by atoms with Gasteiger partial charge in [-0.3, -0.25) is 9.59 Å². The molecule has 0 radical (unpaired) electrons. The maximum absolute atomic E-state index is 13.3. The summed E-state index contributed by atoms with van der Waals surface area (Å²) in [5.74, 6) is -0.153. The van der Waals surface area contributed by atoms with E-state index in [0.717, 1.165) is 5.56 Å². The minimum absolute atomic E-state index is 0.0964. The Labute approximate surface area is 234 Å². The van der Waals surface area contributed by atoms with Gasteiger partial charge in [0.25, 0.3) is 0 Å². The normalized spacial score (nSPS) is 16.2. The van der Waals surface area contributed by atoms with Gasteiger partial charge in [-0.2, -0.15) is 5.10 Å². The number of nitrogens with zero attached hydrogens (tertiary/aromatic N) is 4. The Morgan fingerprint density at radius 2 is 1.66 bits per heavy atom. The van der Waals surface area contributed by atoms with Crippen molar-refractivity contribution in [3.8, 4) is 11.5 Å². The van der Waals surface area contributed by atoms with Crippen LogP contribution in [0, 0.1) is 5.82 Å². The monoisotopic (exact) mass is 558 g/mol. The summed E-state index contributed by atoms with van der Waals surface area (Å²) in [7, 11) is 0. The van der Waals surface area contributed by atoms with Gasteiger partial charge in [-0.25, -0.2) is 18.9 Å². The molecule has 0 aliphatic carbocycles. The lowest BCUT2D eigenvalue weighted by atomic mass is 10.1. The fourth-order valence-electron chi connectivity index (χ4n) is 4.41. The molecular formula is C29H27FN6O5. The number of benzene rings is 3. The molecule has 1 aromatic heterocycles. The predicted molar refractivity (Wildman–Crippen MR) is 145 cm³/mol. The van der Waals surface area contributed by atoms with E-state index in [4.69, 9.17) is 9.47 Å². The van der Waals surface area contributed by atoms with Gasteiger partial charge in [-0.1, -0.05) is 30.3 Å². The van der Waals surface area contributed by atoms with E-state index in [-0.39, 0.29) is 37.8 Å². The van der Waals surface area contributed by atoms with Gasteiger partial charge in [0.2, 0.25) is 11.8 Å². The predicted octanol–water partition coefficient (Wildman–Crippen LogP) is 3.74. The smallest absolute Gasteiger partial charge is 0.407 e. The Morgan fingerprint density at radius 1 is 0.951 bits per heavy atom. The molecule has 2 N–H and O–H groups in total. The largest absolute Gasteiger partial charge is 0.457 e. The second-order valence-electron chi connectivity index (χ2n) is 9.36. The highest BCUT2D eigenvalue weighted by Gasteiger charge is 2.40. The SMILES string of the molecule is O=C(N[C@@H]1C[C@@H](C(=O)Nc2ccc(Oc3ccc(F)cc3)cc2)N(C(=O)Cn2cncn2)C1)OCc1ccccc1. The van der Waals surface area contributed by atoms with E-state index in [1.807, 2.05) is 30.3 Å². The first-order chi connectivity index (χ1) is 19.9. The zero-order valence-electron chi connectivity index (χ0n) is 21.9. The highest BCUT2D eigenvalue weighted by Crippen LogP contribution is 2.25. The van der Waals surface area contributed by atoms with Gasteiger partial charge >= 0.3 is 6.09 Å². The number of aromatic nitrogens is 3. The highest BCUT2D eigenvalue weighted by molar-refractivity contribution is 5.97. The second-order valence-corrected chi connectivity index (χ2v) is 9.36. The number of hydrogen-bond donors (Lipinski definition) is 2. The highest BCUT2D eigenvalue weighted by atomic mass is 19.1. The van der Waals surface area contributed by atoms with Crippen LogP contribution >= 0.6 is 0 Å². The standard InChI is InChI=1S/C29H27FN6O5/c30-21-6-10-24(11-7-21)41-25-12-8-22(9-13-25)33-28(38)26-14-23(15-36(26)27(37)16-35-19-31-18-32-35)34-29(39)40-17-20-4-2-1-3-5-20/h1-13,18-19,23,26H,14-17H2,(H,33,38)(H,34,39)/t23-,26+/m1/s1. The molecule has 0 bridgehead atoms. The zero-order valence-corrected chi connectivity index (χ0v) is 21.9. The Kier molecular flexibility index (Phi) is 8.48. The molecule has 0 saturated carbocycles. The van der Waals surface area contributed by atoms with Crippen LogP contribution in [0.4, 0.5) is 14.9 Å². The molecule has 0 spiro atoms. The van der Waals surface area contributed by atoms with Gasteiger partial charge in [0.15, 0.2) is 0 Å². The molecule has 11 nitrogen and oxygen atoms in total.